The summed E-state index contributed by atoms with van der Waals surface area (Å²) >= 11 is 0. The lowest BCUT2D eigenvalue weighted by Gasteiger charge is -2.53. The van der Waals surface area contributed by atoms with Crippen LogP contribution in [0.4, 0.5) is 17.1 Å². The van der Waals surface area contributed by atoms with Gasteiger partial charge in [0, 0.05) is 22.5 Å². The Kier molecular flexibility index (Phi) is 6.09. The van der Waals surface area contributed by atoms with Crippen LogP contribution < -0.4 is 4.90 Å². The molecule has 0 saturated heterocycles. The lowest BCUT2D eigenvalue weighted by Crippen LogP contribution is -2.49. The first-order valence-corrected chi connectivity index (χ1v) is 14.4. The van der Waals surface area contributed by atoms with Crippen molar-refractivity contribution >= 4 is 17.1 Å². The largest absolute Gasteiger partial charge is 0.311 e. The van der Waals surface area contributed by atoms with Crippen molar-refractivity contribution in [3.8, 4) is 11.1 Å². The maximum Gasteiger partial charge on any atom is 0.0548 e. The molecule has 0 aromatic heterocycles. The predicted octanol–water partition coefficient (Wildman–Crippen LogP) is 10.4. The molecule has 0 saturated carbocycles. The SMILES string of the molecule is CC1(C)c2ccccc2-c2ccccc2C1(c1ccccc1)c1ccc(N(c2ccccc2)c2ccccc2)cc1. The van der Waals surface area contributed by atoms with Crippen molar-refractivity contribution in [3.05, 3.63) is 186 Å². The quantitative estimate of drug-likeness (QED) is 0.215. The Morgan fingerprint density at radius 2 is 0.756 bits per heavy atom. The summed E-state index contributed by atoms with van der Waals surface area (Å²) < 4.78 is 0. The zero-order valence-electron chi connectivity index (χ0n) is 23.5. The van der Waals surface area contributed by atoms with Gasteiger partial charge >= 0.3 is 0 Å². The Morgan fingerprint density at radius 3 is 1.32 bits per heavy atom. The van der Waals surface area contributed by atoms with E-state index in [1.165, 1.54) is 33.4 Å². The molecule has 0 radical (unpaired) electrons. The van der Waals surface area contributed by atoms with Gasteiger partial charge in [-0.3, -0.25) is 0 Å². The van der Waals surface area contributed by atoms with Crippen LogP contribution in [0.25, 0.3) is 11.1 Å². The zero-order valence-corrected chi connectivity index (χ0v) is 23.5. The lowest BCUT2D eigenvalue weighted by atomic mass is 9.49. The molecule has 1 aliphatic rings. The minimum atomic E-state index is -0.387. The van der Waals surface area contributed by atoms with E-state index in [4.69, 9.17) is 0 Å². The average Bonchev–Trinajstić information content (AvgIpc) is 3.04. The van der Waals surface area contributed by atoms with Crippen molar-refractivity contribution in [3.63, 3.8) is 0 Å². The van der Waals surface area contributed by atoms with Crippen molar-refractivity contribution in [2.45, 2.75) is 24.7 Å². The summed E-state index contributed by atoms with van der Waals surface area (Å²) in [5.74, 6) is 0. The van der Waals surface area contributed by atoms with Crippen LogP contribution in [-0.4, -0.2) is 0 Å². The van der Waals surface area contributed by atoms with Gasteiger partial charge in [0.05, 0.1) is 5.41 Å². The van der Waals surface area contributed by atoms with E-state index < -0.39 is 0 Å². The van der Waals surface area contributed by atoms with Gasteiger partial charge in [-0.2, -0.15) is 0 Å². The standard InChI is InChI=1S/C40H33N/c1-39(2)37-24-14-12-22-35(37)36-23-13-15-25-38(36)40(39,30-16-6-3-7-17-30)31-26-28-34(29-27-31)41(32-18-8-4-9-19-32)33-20-10-5-11-21-33/h3-29H,1-2H3. The molecule has 7 rings (SSSR count). The molecule has 41 heavy (non-hydrogen) atoms. The number of fused-ring (bicyclic) bond motifs is 3. The first-order valence-electron chi connectivity index (χ1n) is 14.4. The third kappa shape index (κ3) is 3.84. The van der Waals surface area contributed by atoms with Gasteiger partial charge in [-0.15, -0.1) is 0 Å². The molecule has 1 heteroatoms. The Bertz CT molecular complexity index is 1750. The number of hydrogen-bond acceptors (Lipinski definition) is 1. The lowest BCUT2D eigenvalue weighted by molar-refractivity contribution is 0.353. The fraction of sp³-hybridized carbons (Fsp3) is 0.100. The summed E-state index contributed by atoms with van der Waals surface area (Å²) in [6.45, 7) is 4.84. The molecule has 1 nitrogen and oxygen atoms in total. The Hall–Kier alpha value is -4.88. The second-order valence-electron chi connectivity index (χ2n) is 11.4. The van der Waals surface area contributed by atoms with Crippen molar-refractivity contribution in [1.29, 1.82) is 0 Å². The first kappa shape index (κ1) is 25.1. The van der Waals surface area contributed by atoms with Gasteiger partial charge in [-0.05, 0) is 69.8 Å². The molecule has 1 atom stereocenters. The molecule has 0 N–H and O–H groups in total. The highest BCUT2D eigenvalue weighted by Gasteiger charge is 2.54. The molecule has 6 aromatic rings. The van der Waals surface area contributed by atoms with Crippen LogP contribution in [0.2, 0.25) is 0 Å². The van der Waals surface area contributed by atoms with Crippen LogP contribution in [0.15, 0.2) is 164 Å². The van der Waals surface area contributed by atoms with Crippen molar-refractivity contribution < 1.29 is 0 Å². The summed E-state index contributed by atoms with van der Waals surface area (Å²) in [6.07, 6.45) is 0. The normalized spacial score (nSPS) is 16.8. The number of para-hydroxylation sites is 2. The highest BCUT2D eigenvalue weighted by Crippen LogP contribution is 2.60. The second kappa shape index (κ2) is 9.94. The Labute approximate surface area is 243 Å². The van der Waals surface area contributed by atoms with Gasteiger partial charge in [0.15, 0.2) is 0 Å². The topological polar surface area (TPSA) is 3.24 Å². The van der Waals surface area contributed by atoms with E-state index in [1.54, 1.807) is 0 Å². The summed E-state index contributed by atoms with van der Waals surface area (Å²) in [7, 11) is 0. The molecule has 6 aromatic carbocycles. The predicted molar refractivity (Wildman–Crippen MR) is 172 cm³/mol. The summed E-state index contributed by atoms with van der Waals surface area (Å²) in [5, 5.41) is 0. The van der Waals surface area contributed by atoms with Crippen LogP contribution in [0.3, 0.4) is 0 Å². The second-order valence-corrected chi connectivity index (χ2v) is 11.4. The van der Waals surface area contributed by atoms with Gasteiger partial charge in [-0.1, -0.05) is 141 Å². The fourth-order valence-electron chi connectivity index (χ4n) is 7.20. The molecule has 1 unspecified atom stereocenters. The number of anilines is 3. The third-order valence-corrected chi connectivity index (χ3v) is 8.95. The zero-order chi connectivity index (χ0) is 27.9. The van der Waals surface area contributed by atoms with Gasteiger partial charge in [-0.25, -0.2) is 0 Å². The van der Waals surface area contributed by atoms with E-state index in [1.807, 2.05) is 0 Å². The molecular weight excluding hydrogens is 494 g/mol. The van der Waals surface area contributed by atoms with E-state index in [2.05, 4.69) is 183 Å². The first-order chi connectivity index (χ1) is 20.1. The number of nitrogens with zero attached hydrogens (tertiary/aromatic N) is 1. The molecule has 1 aliphatic carbocycles. The fourth-order valence-corrected chi connectivity index (χ4v) is 7.20. The van der Waals surface area contributed by atoms with Crippen molar-refractivity contribution in [1.82, 2.24) is 0 Å². The van der Waals surface area contributed by atoms with Gasteiger partial charge in [0.1, 0.15) is 0 Å². The van der Waals surface area contributed by atoms with Crippen LogP contribution in [0.1, 0.15) is 36.1 Å². The van der Waals surface area contributed by atoms with Gasteiger partial charge in [0.25, 0.3) is 0 Å². The highest BCUT2D eigenvalue weighted by atomic mass is 15.1. The van der Waals surface area contributed by atoms with E-state index >= 15 is 0 Å². The molecule has 0 amide bonds. The number of rotatable bonds is 5. The minimum Gasteiger partial charge on any atom is -0.311 e. The minimum absolute atomic E-state index is 0.223. The van der Waals surface area contributed by atoms with Gasteiger partial charge in [0.2, 0.25) is 0 Å². The van der Waals surface area contributed by atoms with Crippen molar-refractivity contribution in [2.75, 3.05) is 4.90 Å². The van der Waals surface area contributed by atoms with Crippen LogP contribution in [0, 0.1) is 0 Å². The average molecular weight is 528 g/mol. The van der Waals surface area contributed by atoms with Crippen LogP contribution in [0.5, 0.6) is 0 Å². The maximum atomic E-state index is 2.42. The molecule has 0 fully saturated rings. The van der Waals surface area contributed by atoms with Crippen LogP contribution >= 0.6 is 0 Å². The summed E-state index contributed by atoms with van der Waals surface area (Å²) in [5.41, 5.74) is 10.8. The highest BCUT2D eigenvalue weighted by molar-refractivity contribution is 5.82. The number of benzene rings is 6. The molecule has 0 bridgehead atoms. The van der Waals surface area contributed by atoms with Crippen molar-refractivity contribution in [2.24, 2.45) is 0 Å². The van der Waals surface area contributed by atoms with E-state index in [-0.39, 0.29) is 10.8 Å². The summed E-state index contributed by atoms with van der Waals surface area (Å²) in [4.78, 5) is 2.33. The van der Waals surface area contributed by atoms with Gasteiger partial charge < -0.3 is 4.90 Å². The Balaban J connectivity index is 1.48. The van der Waals surface area contributed by atoms with E-state index in [9.17, 15) is 0 Å². The summed E-state index contributed by atoms with van der Waals surface area (Å²) in [6, 6.07) is 59.6. The van der Waals surface area contributed by atoms with E-state index in [0.717, 1.165) is 17.1 Å². The molecule has 0 heterocycles. The molecule has 198 valence electrons. The Morgan fingerprint density at radius 1 is 0.366 bits per heavy atom. The molecule has 0 spiro atoms. The van der Waals surface area contributed by atoms with E-state index in [0.29, 0.717) is 0 Å². The van der Waals surface area contributed by atoms with Crippen LogP contribution in [-0.2, 0) is 10.8 Å². The monoisotopic (exact) mass is 527 g/mol. The number of hydrogen-bond donors (Lipinski definition) is 0. The molecular formula is C40H33N. The smallest absolute Gasteiger partial charge is 0.0548 e. The third-order valence-electron chi connectivity index (χ3n) is 8.95. The molecule has 0 aliphatic heterocycles. The maximum absolute atomic E-state index is 2.42.